The van der Waals surface area contributed by atoms with Gasteiger partial charge in [-0.3, -0.25) is 9.59 Å². The minimum atomic E-state index is -1.07. The number of hydrogen-bond acceptors (Lipinski definition) is 6. The fourth-order valence-electron chi connectivity index (χ4n) is 3.19. The molecule has 0 radical (unpaired) electrons. The van der Waals surface area contributed by atoms with Gasteiger partial charge in [0.2, 0.25) is 5.91 Å². The summed E-state index contributed by atoms with van der Waals surface area (Å²) in [5, 5.41) is 8.90. The Morgan fingerprint density at radius 1 is 1.27 bits per heavy atom. The van der Waals surface area contributed by atoms with Gasteiger partial charge < -0.3 is 14.7 Å². The van der Waals surface area contributed by atoms with Gasteiger partial charge in [0.1, 0.15) is 10.8 Å². The van der Waals surface area contributed by atoms with Crippen LogP contribution in [0.1, 0.15) is 18.4 Å². The lowest BCUT2D eigenvalue weighted by Gasteiger charge is -2.33. The highest BCUT2D eigenvalue weighted by molar-refractivity contribution is 8.01. The van der Waals surface area contributed by atoms with Gasteiger partial charge in [-0.2, -0.15) is 0 Å². The number of fused-ring (bicyclic) bond motifs is 2. The van der Waals surface area contributed by atoms with Crippen LogP contribution in [0.25, 0.3) is 10.2 Å². The maximum Gasteiger partial charge on any atom is 0.305 e. The van der Waals surface area contributed by atoms with Crippen LogP contribution in [-0.4, -0.2) is 33.8 Å². The molecule has 0 fully saturated rings. The molecule has 0 saturated heterocycles. The van der Waals surface area contributed by atoms with E-state index in [0.29, 0.717) is 33.3 Å². The van der Waals surface area contributed by atoms with Crippen LogP contribution in [0.3, 0.4) is 0 Å². The number of thiazole rings is 1. The second kappa shape index (κ2) is 8.19. The highest BCUT2D eigenvalue weighted by atomic mass is 32.2. The van der Waals surface area contributed by atoms with Crippen molar-refractivity contribution in [1.82, 2.24) is 4.98 Å². The Morgan fingerprint density at radius 2 is 2.03 bits per heavy atom. The van der Waals surface area contributed by atoms with Crippen molar-refractivity contribution < 1.29 is 28.2 Å². The van der Waals surface area contributed by atoms with Crippen molar-refractivity contribution in [2.75, 3.05) is 11.5 Å². The fourth-order valence-corrected chi connectivity index (χ4v) is 5.40. The standard InChI is InChI=1S/C20H16F2N2O4S2/c1-2-28-10-3-4-14-16(5-10)29-17(8-19(25)26)20(27)24(14)9-18-23-13-6-11(21)12(22)7-15(13)30-18/h3-7,17H,2,8-9H2,1H3,(H,25,26). The van der Waals surface area contributed by atoms with Crippen LogP contribution in [0.15, 0.2) is 35.2 Å². The van der Waals surface area contributed by atoms with Crippen LogP contribution in [0.5, 0.6) is 5.75 Å². The predicted octanol–water partition coefficient (Wildman–Crippen LogP) is 4.46. The van der Waals surface area contributed by atoms with Gasteiger partial charge in [0.25, 0.3) is 0 Å². The molecular weight excluding hydrogens is 434 g/mol. The number of carbonyl (C=O) groups excluding carboxylic acids is 1. The zero-order chi connectivity index (χ0) is 21.4. The molecule has 0 aliphatic carbocycles. The molecule has 6 nitrogen and oxygen atoms in total. The van der Waals surface area contributed by atoms with Crippen LogP contribution < -0.4 is 9.64 Å². The number of thioether (sulfide) groups is 1. The Labute approximate surface area is 178 Å². The summed E-state index contributed by atoms with van der Waals surface area (Å²) in [7, 11) is 0. The Bertz CT molecular complexity index is 1110. The summed E-state index contributed by atoms with van der Waals surface area (Å²) in [6.45, 7) is 2.40. The summed E-state index contributed by atoms with van der Waals surface area (Å²) in [4.78, 5) is 30.8. The van der Waals surface area contributed by atoms with E-state index in [1.165, 1.54) is 16.7 Å². The third-order valence-electron chi connectivity index (χ3n) is 4.47. The number of carboxylic acid groups (broad SMARTS) is 1. The number of hydrogen-bond donors (Lipinski definition) is 1. The molecule has 1 amide bonds. The summed E-state index contributed by atoms with van der Waals surface area (Å²) in [6, 6.07) is 7.36. The van der Waals surface area contributed by atoms with E-state index in [1.54, 1.807) is 18.2 Å². The number of amides is 1. The second-order valence-corrected chi connectivity index (χ2v) is 8.89. The van der Waals surface area contributed by atoms with Gasteiger partial charge in [-0.15, -0.1) is 23.1 Å². The topological polar surface area (TPSA) is 79.7 Å². The van der Waals surface area contributed by atoms with E-state index in [4.69, 9.17) is 4.74 Å². The number of carboxylic acids is 1. The molecule has 1 unspecified atom stereocenters. The van der Waals surface area contributed by atoms with Gasteiger partial charge >= 0.3 is 5.97 Å². The Morgan fingerprint density at radius 3 is 2.77 bits per heavy atom. The molecule has 0 saturated carbocycles. The van der Waals surface area contributed by atoms with E-state index in [9.17, 15) is 23.5 Å². The molecular formula is C20H16F2N2O4S2. The molecule has 2 aromatic carbocycles. The van der Waals surface area contributed by atoms with E-state index >= 15 is 0 Å². The van der Waals surface area contributed by atoms with Crippen molar-refractivity contribution in [2.24, 2.45) is 0 Å². The smallest absolute Gasteiger partial charge is 0.305 e. The van der Waals surface area contributed by atoms with Crippen LogP contribution in [0.4, 0.5) is 14.5 Å². The predicted molar refractivity (Wildman–Crippen MR) is 110 cm³/mol. The van der Waals surface area contributed by atoms with E-state index < -0.39 is 22.9 Å². The third kappa shape index (κ3) is 3.97. The molecule has 1 aliphatic rings. The van der Waals surface area contributed by atoms with Gasteiger partial charge in [0, 0.05) is 11.0 Å². The van der Waals surface area contributed by atoms with Crippen molar-refractivity contribution in [3.05, 3.63) is 47.0 Å². The van der Waals surface area contributed by atoms with Crippen LogP contribution >= 0.6 is 23.1 Å². The Balaban J connectivity index is 1.71. The summed E-state index contributed by atoms with van der Waals surface area (Å²) in [5.41, 5.74) is 0.924. The van der Waals surface area contributed by atoms with Crippen molar-refractivity contribution in [3.63, 3.8) is 0 Å². The zero-order valence-electron chi connectivity index (χ0n) is 15.7. The molecule has 4 rings (SSSR count). The molecule has 30 heavy (non-hydrogen) atoms. The molecule has 1 atom stereocenters. The number of ether oxygens (including phenoxy) is 1. The SMILES string of the molecule is CCOc1ccc2c(c1)SC(CC(=O)O)C(=O)N2Cc1nc2cc(F)c(F)cc2s1. The van der Waals surface area contributed by atoms with Crippen LogP contribution in [-0.2, 0) is 16.1 Å². The van der Waals surface area contributed by atoms with Crippen molar-refractivity contribution in [2.45, 2.75) is 30.0 Å². The molecule has 1 aliphatic heterocycles. The lowest BCUT2D eigenvalue weighted by molar-refractivity contribution is -0.138. The molecule has 3 aromatic rings. The summed E-state index contributed by atoms with van der Waals surface area (Å²) >= 11 is 2.35. The highest BCUT2D eigenvalue weighted by Gasteiger charge is 2.35. The van der Waals surface area contributed by atoms with Crippen LogP contribution in [0.2, 0.25) is 0 Å². The molecule has 0 bridgehead atoms. The average Bonchev–Trinajstić information content (AvgIpc) is 3.06. The van der Waals surface area contributed by atoms with E-state index in [2.05, 4.69) is 4.98 Å². The summed E-state index contributed by atoms with van der Waals surface area (Å²) in [6.07, 6.45) is -0.325. The van der Waals surface area contributed by atoms with Gasteiger partial charge in [0.15, 0.2) is 11.6 Å². The van der Waals surface area contributed by atoms with Gasteiger partial charge in [-0.05, 0) is 31.2 Å². The molecule has 156 valence electrons. The first-order chi connectivity index (χ1) is 14.4. The Kier molecular flexibility index (Phi) is 5.61. The first-order valence-electron chi connectivity index (χ1n) is 9.07. The van der Waals surface area contributed by atoms with E-state index in [1.807, 2.05) is 6.92 Å². The lowest BCUT2D eigenvalue weighted by atomic mass is 10.2. The first-order valence-corrected chi connectivity index (χ1v) is 10.8. The summed E-state index contributed by atoms with van der Waals surface area (Å²) < 4.78 is 33.0. The molecule has 0 spiro atoms. The quantitative estimate of drug-likeness (QED) is 0.598. The van der Waals surface area contributed by atoms with Gasteiger partial charge in [0.05, 0.1) is 40.7 Å². The lowest BCUT2D eigenvalue weighted by Crippen LogP contribution is -2.41. The number of anilines is 1. The van der Waals surface area contributed by atoms with Crippen molar-refractivity contribution >= 4 is 50.9 Å². The first kappa shape index (κ1) is 20.5. The van der Waals surface area contributed by atoms with Crippen molar-refractivity contribution in [1.29, 1.82) is 0 Å². The van der Waals surface area contributed by atoms with E-state index in [0.717, 1.165) is 28.4 Å². The monoisotopic (exact) mass is 450 g/mol. The molecule has 1 aromatic heterocycles. The second-order valence-electron chi connectivity index (χ2n) is 6.53. The number of rotatable bonds is 6. The summed E-state index contributed by atoms with van der Waals surface area (Å²) in [5.74, 6) is -2.75. The minimum Gasteiger partial charge on any atom is -0.494 e. The number of nitrogens with zero attached hydrogens (tertiary/aromatic N) is 2. The minimum absolute atomic E-state index is 0.0685. The Hall–Kier alpha value is -2.72. The van der Waals surface area contributed by atoms with Gasteiger partial charge in [-0.25, -0.2) is 13.8 Å². The molecule has 10 heteroatoms. The molecule has 1 N–H and O–H groups in total. The number of benzene rings is 2. The maximum atomic E-state index is 13.5. The fraction of sp³-hybridized carbons (Fsp3) is 0.250. The average molecular weight is 450 g/mol. The number of aromatic nitrogens is 1. The number of halogens is 2. The molecule has 2 heterocycles. The number of carbonyl (C=O) groups is 2. The third-order valence-corrected chi connectivity index (χ3v) is 6.71. The largest absolute Gasteiger partial charge is 0.494 e. The highest BCUT2D eigenvalue weighted by Crippen LogP contribution is 2.43. The normalized spacial score (nSPS) is 16.0. The van der Waals surface area contributed by atoms with Crippen LogP contribution in [0, 0.1) is 11.6 Å². The number of aliphatic carboxylic acids is 1. The van der Waals surface area contributed by atoms with Crippen molar-refractivity contribution in [3.8, 4) is 5.75 Å². The van der Waals surface area contributed by atoms with Gasteiger partial charge in [-0.1, -0.05) is 0 Å². The van der Waals surface area contributed by atoms with E-state index in [-0.39, 0.29) is 18.9 Å². The zero-order valence-corrected chi connectivity index (χ0v) is 17.4. The maximum absolute atomic E-state index is 13.5.